The van der Waals surface area contributed by atoms with Crippen molar-refractivity contribution in [3.05, 3.63) is 48.1 Å². The first-order valence-corrected chi connectivity index (χ1v) is 7.88. The van der Waals surface area contributed by atoms with E-state index in [-0.39, 0.29) is 11.7 Å². The van der Waals surface area contributed by atoms with Gasteiger partial charge in [0.25, 0.3) is 5.91 Å². The molecule has 2 N–H and O–H groups in total. The van der Waals surface area contributed by atoms with Crippen LogP contribution >= 0.6 is 49.9 Å². The van der Waals surface area contributed by atoms with Crippen LogP contribution in [0.1, 0.15) is 15.2 Å². The standard InChI is InChI=1S/C12H8BrIN2O2S/c13-8-4-7(11(17)9(14)5-8)6-15-16-12(18)10-2-1-3-19-10/h1-6,17H,(H,16,18)/b15-6+. The summed E-state index contributed by atoms with van der Waals surface area (Å²) in [6, 6.07) is 7.02. The highest BCUT2D eigenvalue weighted by molar-refractivity contribution is 14.1. The second-order valence-corrected chi connectivity index (χ2v) is 6.53. The Morgan fingerprint density at radius 2 is 2.32 bits per heavy atom. The number of aromatic hydroxyl groups is 1. The molecule has 1 heterocycles. The Kier molecular flexibility index (Phi) is 4.94. The van der Waals surface area contributed by atoms with Crippen LogP contribution in [0.4, 0.5) is 0 Å². The molecule has 4 nitrogen and oxygen atoms in total. The molecular weight excluding hydrogens is 443 g/mol. The number of rotatable bonds is 3. The number of phenolic OH excluding ortho intramolecular Hbond substituents is 1. The van der Waals surface area contributed by atoms with Crippen molar-refractivity contribution in [2.75, 3.05) is 0 Å². The van der Waals surface area contributed by atoms with Crippen molar-refractivity contribution in [2.24, 2.45) is 5.10 Å². The number of benzene rings is 1. The van der Waals surface area contributed by atoms with Gasteiger partial charge in [0.15, 0.2) is 0 Å². The molecule has 1 amide bonds. The third-order valence-electron chi connectivity index (χ3n) is 2.17. The molecule has 98 valence electrons. The van der Waals surface area contributed by atoms with Gasteiger partial charge in [0.2, 0.25) is 0 Å². The first kappa shape index (κ1) is 14.5. The van der Waals surface area contributed by atoms with Gasteiger partial charge in [-0.3, -0.25) is 4.79 Å². The molecule has 0 spiro atoms. The molecule has 0 atom stereocenters. The average Bonchev–Trinajstić information content (AvgIpc) is 2.88. The Morgan fingerprint density at radius 1 is 1.53 bits per heavy atom. The number of halogens is 2. The number of nitrogens with one attached hydrogen (secondary N) is 1. The van der Waals surface area contributed by atoms with E-state index in [2.05, 4.69) is 26.5 Å². The zero-order valence-electron chi connectivity index (χ0n) is 9.43. The molecule has 2 aromatic rings. The summed E-state index contributed by atoms with van der Waals surface area (Å²) < 4.78 is 1.54. The van der Waals surface area contributed by atoms with Crippen LogP contribution < -0.4 is 5.43 Å². The molecule has 0 bridgehead atoms. The van der Waals surface area contributed by atoms with Gasteiger partial charge in [-0.2, -0.15) is 5.10 Å². The molecule has 19 heavy (non-hydrogen) atoms. The summed E-state index contributed by atoms with van der Waals surface area (Å²) in [6.45, 7) is 0. The number of hydrogen-bond acceptors (Lipinski definition) is 4. The highest BCUT2D eigenvalue weighted by atomic mass is 127. The van der Waals surface area contributed by atoms with Crippen LogP contribution in [-0.2, 0) is 0 Å². The summed E-state index contributed by atoms with van der Waals surface area (Å²) in [5.41, 5.74) is 2.94. The lowest BCUT2D eigenvalue weighted by molar-refractivity contribution is 0.0959. The summed E-state index contributed by atoms with van der Waals surface area (Å²) in [7, 11) is 0. The monoisotopic (exact) mass is 450 g/mol. The number of nitrogens with zero attached hydrogens (tertiary/aromatic N) is 1. The zero-order chi connectivity index (χ0) is 13.8. The molecule has 0 radical (unpaired) electrons. The first-order chi connectivity index (χ1) is 9.08. The molecule has 2 rings (SSSR count). The predicted molar refractivity (Wildman–Crippen MR) is 87.9 cm³/mol. The van der Waals surface area contributed by atoms with Crippen molar-refractivity contribution in [3.8, 4) is 5.75 Å². The molecule has 7 heteroatoms. The second-order valence-electron chi connectivity index (χ2n) is 3.50. The number of phenols is 1. The molecule has 0 fully saturated rings. The number of hydrazone groups is 1. The van der Waals surface area contributed by atoms with Crippen molar-refractivity contribution < 1.29 is 9.90 Å². The van der Waals surface area contributed by atoms with E-state index in [0.717, 1.165) is 4.47 Å². The fourth-order valence-electron chi connectivity index (χ4n) is 1.31. The fourth-order valence-corrected chi connectivity index (χ4v) is 3.47. The van der Waals surface area contributed by atoms with Gasteiger partial charge in [0, 0.05) is 10.0 Å². The van der Waals surface area contributed by atoms with Crippen molar-refractivity contribution in [1.82, 2.24) is 5.43 Å². The lowest BCUT2D eigenvalue weighted by Gasteiger charge is -2.02. The SMILES string of the molecule is O=C(N/N=C/c1cc(Br)cc(I)c1O)c1cccs1. The summed E-state index contributed by atoms with van der Waals surface area (Å²) >= 11 is 6.70. The van der Waals surface area contributed by atoms with Crippen LogP contribution in [0.3, 0.4) is 0 Å². The van der Waals surface area contributed by atoms with E-state index in [0.29, 0.717) is 14.0 Å². The summed E-state index contributed by atoms with van der Waals surface area (Å²) in [5, 5.41) is 15.5. The predicted octanol–water partition coefficient (Wildman–Crippen LogP) is 3.58. The molecule has 0 saturated heterocycles. The summed E-state index contributed by atoms with van der Waals surface area (Å²) in [5.74, 6) is -0.131. The zero-order valence-corrected chi connectivity index (χ0v) is 14.0. The van der Waals surface area contributed by atoms with E-state index in [4.69, 9.17) is 0 Å². The van der Waals surface area contributed by atoms with Crippen LogP contribution in [0.15, 0.2) is 39.2 Å². The highest BCUT2D eigenvalue weighted by Crippen LogP contribution is 2.27. The van der Waals surface area contributed by atoms with Gasteiger partial charge < -0.3 is 5.11 Å². The largest absolute Gasteiger partial charge is 0.506 e. The molecule has 1 aromatic carbocycles. The lowest BCUT2D eigenvalue weighted by Crippen LogP contribution is -2.16. The molecule has 0 saturated carbocycles. The minimum Gasteiger partial charge on any atom is -0.506 e. The molecule has 0 aliphatic carbocycles. The van der Waals surface area contributed by atoms with E-state index in [1.54, 1.807) is 24.3 Å². The summed E-state index contributed by atoms with van der Waals surface area (Å²) in [6.07, 6.45) is 1.41. The molecule has 0 unspecified atom stereocenters. The Bertz CT molecular complexity index is 629. The van der Waals surface area contributed by atoms with Gasteiger partial charge >= 0.3 is 0 Å². The number of hydrogen-bond donors (Lipinski definition) is 2. The quantitative estimate of drug-likeness (QED) is 0.426. The fraction of sp³-hybridized carbons (Fsp3) is 0. The van der Waals surface area contributed by atoms with Crippen molar-refractivity contribution in [1.29, 1.82) is 0 Å². The Morgan fingerprint density at radius 3 is 3.00 bits per heavy atom. The van der Waals surface area contributed by atoms with E-state index in [1.165, 1.54) is 17.6 Å². The van der Waals surface area contributed by atoms with Crippen LogP contribution in [0.5, 0.6) is 5.75 Å². The first-order valence-electron chi connectivity index (χ1n) is 5.13. The second kappa shape index (κ2) is 6.49. The third-order valence-corrected chi connectivity index (χ3v) is 4.32. The average molecular weight is 451 g/mol. The maximum Gasteiger partial charge on any atom is 0.281 e. The number of carbonyl (C=O) groups is 1. The van der Waals surface area contributed by atoms with E-state index >= 15 is 0 Å². The minimum absolute atomic E-state index is 0.137. The number of carbonyl (C=O) groups excluding carboxylic acids is 1. The molecular formula is C12H8BrIN2O2S. The number of thiophene rings is 1. The normalized spacial score (nSPS) is 10.8. The topological polar surface area (TPSA) is 61.7 Å². The lowest BCUT2D eigenvalue weighted by atomic mass is 10.2. The smallest absolute Gasteiger partial charge is 0.281 e. The van der Waals surface area contributed by atoms with E-state index in [1.807, 2.05) is 28.0 Å². The van der Waals surface area contributed by atoms with Gasteiger partial charge in [0.05, 0.1) is 14.7 Å². The Labute approximate surface area is 135 Å². The van der Waals surface area contributed by atoms with Gasteiger partial charge in [0.1, 0.15) is 5.75 Å². The summed E-state index contributed by atoms with van der Waals surface area (Å²) in [4.78, 5) is 12.2. The molecule has 1 aromatic heterocycles. The molecule has 0 aliphatic heterocycles. The van der Waals surface area contributed by atoms with Gasteiger partial charge in [-0.25, -0.2) is 5.43 Å². The van der Waals surface area contributed by atoms with E-state index < -0.39 is 0 Å². The van der Waals surface area contributed by atoms with Crippen molar-refractivity contribution in [2.45, 2.75) is 0 Å². The minimum atomic E-state index is -0.268. The Balaban J connectivity index is 2.09. The van der Waals surface area contributed by atoms with Gasteiger partial charge in [-0.15, -0.1) is 11.3 Å². The van der Waals surface area contributed by atoms with Gasteiger partial charge in [-0.1, -0.05) is 22.0 Å². The third kappa shape index (κ3) is 3.77. The van der Waals surface area contributed by atoms with Crippen molar-refractivity contribution in [3.63, 3.8) is 0 Å². The van der Waals surface area contributed by atoms with Crippen LogP contribution in [0, 0.1) is 3.57 Å². The Hall–Kier alpha value is -0.930. The maximum atomic E-state index is 11.6. The maximum absolute atomic E-state index is 11.6. The van der Waals surface area contributed by atoms with Gasteiger partial charge in [-0.05, 0) is 46.2 Å². The van der Waals surface area contributed by atoms with Crippen LogP contribution in [0.2, 0.25) is 0 Å². The van der Waals surface area contributed by atoms with Crippen LogP contribution in [0.25, 0.3) is 0 Å². The number of amides is 1. The van der Waals surface area contributed by atoms with Crippen molar-refractivity contribution >= 4 is 62.0 Å². The van der Waals surface area contributed by atoms with E-state index in [9.17, 15) is 9.90 Å². The molecule has 0 aliphatic rings. The van der Waals surface area contributed by atoms with Crippen LogP contribution in [-0.4, -0.2) is 17.2 Å². The highest BCUT2D eigenvalue weighted by Gasteiger charge is 2.06.